The van der Waals surface area contributed by atoms with Crippen LogP contribution in [0.3, 0.4) is 0 Å². The minimum absolute atomic E-state index is 0.228. The van der Waals surface area contributed by atoms with E-state index in [4.69, 9.17) is 15.3 Å². The molecular weight excluding hydrogens is 256 g/mol. The van der Waals surface area contributed by atoms with Crippen LogP contribution in [0, 0.1) is 0 Å². The second-order valence-electron chi connectivity index (χ2n) is 5.23. The molecule has 6 nitrogen and oxygen atoms in total. The molecule has 0 saturated heterocycles. The highest BCUT2D eigenvalue weighted by molar-refractivity contribution is 5.24. The van der Waals surface area contributed by atoms with Gasteiger partial charge < -0.3 is 9.47 Å². The Morgan fingerprint density at radius 2 is 1.80 bits per heavy atom. The molecule has 1 aromatic heterocycles. The van der Waals surface area contributed by atoms with Gasteiger partial charge >= 0.3 is 0 Å². The van der Waals surface area contributed by atoms with Gasteiger partial charge in [0.2, 0.25) is 5.88 Å². The molecule has 2 rings (SSSR count). The summed E-state index contributed by atoms with van der Waals surface area (Å²) in [5, 5.41) is 0. The van der Waals surface area contributed by atoms with Gasteiger partial charge in [-0.3, -0.25) is 10.8 Å². The molecule has 0 bridgehead atoms. The van der Waals surface area contributed by atoms with Crippen LogP contribution in [-0.2, 0) is 4.74 Å². The highest BCUT2D eigenvalue weighted by atomic mass is 16.5. The van der Waals surface area contributed by atoms with Crippen LogP contribution in [0.15, 0.2) is 12.4 Å². The molecule has 1 saturated carbocycles. The van der Waals surface area contributed by atoms with Gasteiger partial charge in [-0.25, -0.2) is 10.4 Å². The van der Waals surface area contributed by atoms with Crippen LogP contribution in [0.2, 0.25) is 0 Å². The highest BCUT2D eigenvalue weighted by Crippen LogP contribution is 2.40. The summed E-state index contributed by atoms with van der Waals surface area (Å²) >= 11 is 0. The van der Waals surface area contributed by atoms with Crippen LogP contribution in [0.4, 0.5) is 0 Å². The average Bonchev–Trinajstić information content (AvgIpc) is 2.75. The summed E-state index contributed by atoms with van der Waals surface area (Å²) in [5.41, 5.74) is 3.23. The fourth-order valence-electron chi connectivity index (χ4n) is 3.11. The summed E-state index contributed by atoms with van der Waals surface area (Å²) in [6.45, 7) is 0. The first-order chi connectivity index (χ1) is 9.77. The van der Waals surface area contributed by atoms with Gasteiger partial charge in [0.25, 0.3) is 0 Å². The van der Waals surface area contributed by atoms with Crippen molar-refractivity contribution in [3.8, 4) is 5.88 Å². The molecule has 112 valence electrons. The van der Waals surface area contributed by atoms with Crippen LogP contribution in [-0.4, -0.2) is 29.8 Å². The van der Waals surface area contributed by atoms with Crippen LogP contribution in [0.1, 0.15) is 50.3 Å². The lowest BCUT2D eigenvalue weighted by atomic mass is 9.84. The van der Waals surface area contributed by atoms with Crippen molar-refractivity contribution in [2.75, 3.05) is 14.2 Å². The molecule has 0 aromatic carbocycles. The Labute approximate surface area is 120 Å². The maximum Gasteiger partial charge on any atom is 0.237 e. The Kier molecular flexibility index (Phi) is 5.28. The molecule has 1 heterocycles. The van der Waals surface area contributed by atoms with Crippen molar-refractivity contribution in [3.05, 3.63) is 18.1 Å². The van der Waals surface area contributed by atoms with E-state index >= 15 is 0 Å². The van der Waals surface area contributed by atoms with Gasteiger partial charge in [0, 0.05) is 19.5 Å². The second kappa shape index (κ2) is 6.97. The summed E-state index contributed by atoms with van der Waals surface area (Å²) < 4.78 is 11.2. The Morgan fingerprint density at radius 3 is 2.35 bits per heavy atom. The van der Waals surface area contributed by atoms with Gasteiger partial charge in [0.1, 0.15) is 5.69 Å². The lowest BCUT2D eigenvalue weighted by Gasteiger charge is -2.38. The molecular formula is C14H24N4O2. The minimum atomic E-state index is -0.353. The molecule has 20 heavy (non-hydrogen) atoms. The van der Waals surface area contributed by atoms with E-state index in [-0.39, 0.29) is 11.6 Å². The third kappa shape index (κ3) is 2.92. The number of nitrogens with two attached hydrogens (primary N) is 1. The first-order valence-electron chi connectivity index (χ1n) is 7.13. The molecule has 1 unspecified atom stereocenters. The highest BCUT2D eigenvalue weighted by Gasteiger charge is 2.42. The van der Waals surface area contributed by atoms with E-state index in [1.54, 1.807) is 26.6 Å². The van der Waals surface area contributed by atoms with Gasteiger partial charge in [-0.1, -0.05) is 25.7 Å². The van der Waals surface area contributed by atoms with Crippen molar-refractivity contribution in [2.24, 2.45) is 5.84 Å². The van der Waals surface area contributed by atoms with Crippen LogP contribution in [0.5, 0.6) is 5.88 Å². The normalized spacial score (nSPS) is 20.1. The molecule has 0 aliphatic heterocycles. The molecule has 3 N–H and O–H groups in total. The predicted molar refractivity (Wildman–Crippen MR) is 76.1 cm³/mol. The summed E-state index contributed by atoms with van der Waals surface area (Å²) in [6.07, 6.45) is 9.92. The van der Waals surface area contributed by atoms with Crippen LogP contribution >= 0.6 is 0 Å². The number of ether oxygens (including phenoxy) is 2. The Balaban J connectivity index is 2.37. The monoisotopic (exact) mass is 280 g/mol. The number of hydrazine groups is 1. The molecule has 1 aliphatic rings. The summed E-state index contributed by atoms with van der Waals surface area (Å²) in [7, 11) is 3.34. The number of nitrogens with one attached hydrogen (secondary N) is 1. The Bertz CT molecular complexity index is 419. The zero-order valence-electron chi connectivity index (χ0n) is 12.3. The summed E-state index contributed by atoms with van der Waals surface area (Å²) in [6, 6.07) is -0.228. The van der Waals surface area contributed by atoms with Crippen LogP contribution < -0.4 is 16.0 Å². The third-order valence-electron chi connectivity index (χ3n) is 4.21. The molecule has 1 atom stereocenters. The van der Waals surface area contributed by atoms with Gasteiger partial charge in [0.15, 0.2) is 0 Å². The lowest BCUT2D eigenvalue weighted by Crippen LogP contribution is -2.48. The van der Waals surface area contributed by atoms with E-state index in [1.165, 1.54) is 12.8 Å². The van der Waals surface area contributed by atoms with Gasteiger partial charge in [-0.05, 0) is 12.8 Å². The Morgan fingerprint density at radius 1 is 1.15 bits per heavy atom. The third-order valence-corrected chi connectivity index (χ3v) is 4.21. The predicted octanol–water partition coefficient (Wildman–Crippen LogP) is 1.73. The maximum absolute atomic E-state index is 5.90. The topological polar surface area (TPSA) is 82.3 Å². The van der Waals surface area contributed by atoms with Crippen molar-refractivity contribution in [3.63, 3.8) is 0 Å². The minimum Gasteiger partial charge on any atom is -0.480 e. The zero-order chi connectivity index (χ0) is 14.4. The van der Waals surface area contributed by atoms with E-state index in [9.17, 15) is 0 Å². The van der Waals surface area contributed by atoms with Crippen LogP contribution in [0.25, 0.3) is 0 Å². The fraction of sp³-hybridized carbons (Fsp3) is 0.714. The molecule has 0 radical (unpaired) electrons. The van der Waals surface area contributed by atoms with E-state index in [0.29, 0.717) is 11.6 Å². The average molecular weight is 280 g/mol. The number of nitrogens with zero attached hydrogens (tertiary/aromatic N) is 2. The Hall–Kier alpha value is -1.24. The molecule has 0 spiro atoms. The second-order valence-corrected chi connectivity index (χ2v) is 5.23. The van der Waals surface area contributed by atoms with Crippen molar-refractivity contribution in [2.45, 2.75) is 50.2 Å². The first kappa shape index (κ1) is 15.2. The quantitative estimate of drug-likeness (QED) is 0.485. The van der Waals surface area contributed by atoms with Crippen molar-refractivity contribution < 1.29 is 9.47 Å². The number of hydrogen-bond acceptors (Lipinski definition) is 6. The van der Waals surface area contributed by atoms with Gasteiger partial charge in [-0.15, -0.1) is 0 Å². The van der Waals surface area contributed by atoms with Crippen molar-refractivity contribution >= 4 is 0 Å². The maximum atomic E-state index is 5.90. The van der Waals surface area contributed by atoms with Gasteiger partial charge in [0.05, 0.1) is 18.8 Å². The zero-order valence-corrected chi connectivity index (χ0v) is 12.3. The van der Waals surface area contributed by atoms with E-state index in [2.05, 4.69) is 15.4 Å². The summed E-state index contributed by atoms with van der Waals surface area (Å²) in [4.78, 5) is 8.62. The fourth-order valence-corrected chi connectivity index (χ4v) is 3.11. The number of aromatic nitrogens is 2. The number of hydrogen-bond donors (Lipinski definition) is 2. The largest absolute Gasteiger partial charge is 0.480 e. The first-order valence-corrected chi connectivity index (χ1v) is 7.13. The van der Waals surface area contributed by atoms with Gasteiger partial charge in [-0.2, -0.15) is 0 Å². The smallest absolute Gasteiger partial charge is 0.237 e. The number of methoxy groups -OCH3 is 2. The summed E-state index contributed by atoms with van der Waals surface area (Å²) in [5.74, 6) is 6.31. The molecule has 1 fully saturated rings. The SMILES string of the molecule is COc1nccnc1C(NN)C1(OC)CCCCCC1. The van der Waals surface area contributed by atoms with Crippen molar-refractivity contribution in [1.29, 1.82) is 0 Å². The molecule has 1 aromatic rings. The van der Waals surface area contributed by atoms with E-state index in [0.717, 1.165) is 25.7 Å². The molecule has 6 heteroatoms. The van der Waals surface area contributed by atoms with E-state index < -0.39 is 0 Å². The standard InChI is InChI=1S/C14H24N4O2/c1-19-13-11(16-9-10-17-13)12(18-15)14(20-2)7-5-3-4-6-8-14/h9-10,12,18H,3-8,15H2,1-2H3. The lowest BCUT2D eigenvalue weighted by molar-refractivity contribution is -0.0558. The molecule has 0 amide bonds. The van der Waals surface area contributed by atoms with E-state index in [1.807, 2.05) is 0 Å². The molecule has 1 aliphatic carbocycles. The van der Waals surface area contributed by atoms with Crippen molar-refractivity contribution in [1.82, 2.24) is 15.4 Å². The number of rotatable bonds is 5.